The van der Waals surface area contributed by atoms with Gasteiger partial charge in [-0.1, -0.05) is 0 Å². The minimum absolute atomic E-state index is 0.0918. The van der Waals surface area contributed by atoms with Crippen molar-refractivity contribution >= 4 is 23.2 Å². The lowest BCUT2D eigenvalue weighted by atomic mass is 10.1. The molecule has 7 heteroatoms. The lowest BCUT2D eigenvalue weighted by molar-refractivity contribution is -0.118. The van der Waals surface area contributed by atoms with Crippen LogP contribution in [0, 0.1) is 0 Å². The van der Waals surface area contributed by atoms with Crippen LogP contribution in [0.2, 0.25) is 0 Å². The molecule has 2 amide bonds. The molecule has 2 N–H and O–H groups in total. The summed E-state index contributed by atoms with van der Waals surface area (Å²) in [5.41, 5.74) is 1.31. The Morgan fingerprint density at radius 3 is 2.59 bits per heavy atom. The maximum Gasteiger partial charge on any atom is 0.262 e. The molecule has 1 atom stereocenters. The van der Waals surface area contributed by atoms with E-state index in [2.05, 4.69) is 10.6 Å². The first kappa shape index (κ1) is 14.9. The Morgan fingerprint density at radius 2 is 2.05 bits per heavy atom. The number of nitrogens with one attached hydrogen (secondary N) is 2. The molecule has 3 rings (SSSR count). The van der Waals surface area contributed by atoms with E-state index in [0.29, 0.717) is 18.7 Å². The monoisotopic (exact) mass is 309 g/mol. The molecular weight excluding hydrogens is 292 g/mol. The highest BCUT2D eigenvalue weighted by Crippen LogP contribution is 2.26. The van der Waals surface area contributed by atoms with Crippen LogP contribution in [0.5, 0.6) is 0 Å². The molecule has 2 aliphatic heterocycles. The topological polar surface area (TPSA) is 61.4 Å². The number of hydrogen-bond donors (Lipinski definition) is 2. The summed E-state index contributed by atoms with van der Waals surface area (Å²) in [4.78, 5) is 25.3. The third-order valence-electron chi connectivity index (χ3n) is 3.95. The smallest absolute Gasteiger partial charge is 0.262 e. The Hall–Kier alpha value is -2.02. The number of nitrogens with zero attached hydrogens (tertiary/aromatic N) is 1. The highest BCUT2D eigenvalue weighted by Gasteiger charge is 2.42. The molecule has 0 aliphatic carbocycles. The minimum atomic E-state index is -2.83. The summed E-state index contributed by atoms with van der Waals surface area (Å²) in [6, 6.07) is 5.96. The van der Waals surface area contributed by atoms with E-state index in [9.17, 15) is 18.4 Å². The molecule has 0 spiro atoms. The number of carbonyl (C=O) groups is 2. The van der Waals surface area contributed by atoms with Crippen LogP contribution in [-0.4, -0.2) is 36.9 Å². The van der Waals surface area contributed by atoms with Crippen molar-refractivity contribution in [2.75, 3.05) is 23.3 Å². The summed E-state index contributed by atoms with van der Waals surface area (Å²) in [6.07, 6.45) is 0.915. The van der Waals surface area contributed by atoms with Crippen molar-refractivity contribution in [3.8, 4) is 0 Å². The maximum absolute atomic E-state index is 13.1. The van der Waals surface area contributed by atoms with Crippen LogP contribution in [0.3, 0.4) is 0 Å². The molecule has 0 aromatic heterocycles. The van der Waals surface area contributed by atoms with Gasteiger partial charge in [0, 0.05) is 30.8 Å². The first-order chi connectivity index (χ1) is 10.4. The molecule has 0 bridgehead atoms. The van der Waals surface area contributed by atoms with Gasteiger partial charge in [-0.15, -0.1) is 0 Å². The van der Waals surface area contributed by atoms with Crippen molar-refractivity contribution in [1.82, 2.24) is 5.32 Å². The third kappa shape index (κ3) is 3.09. The summed E-state index contributed by atoms with van der Waals surface area (Å²) in [7, 11) is 0. The van der Waals surface area contributed by atoms with Gasteiger partial charge >= 0.3 is 0 Å². The zero-order valence-corrected chi connectivity index (χ0v) is 11.9. The van der Waals surface area contributed by atoms with Crippen molar-refractivity contribution in [1.29, 1.82) is 0 Å². The molecule has 0 saturated carbocycles. The van der Waals surface area contributed by atoms with E-state index >= 15 is 0 Å². The average Bonchev–Trinajstić information content (AvgIpc) is 3.05. The Balaban J connectivity index is 1.61. The molecular formula is C15H17F2N3O2. The van der Waals surface area contributed by atoms with E-state index < -0.39 is 30.8 Å². The molecule has 1 unspecified atom stereocenters. The van der Waals surface area contributed by atoms with Gasteiger partial charge in [0.15, 0.2) is 0 Å². The first-order valence-electron chi connectivity index (χ1n) is 7.27. The number of rotatable bonds is 3. The van der Waals surface area contributed by atoms with Crippen LogP contribution < -0.4 is 15.5 Å². The number of halogens is 2. The first-order valence-corrected chi connectivity index (χ1v) is 7.27. The predicted molar refractivity (Wildman–Crippen MR) is 78.0 cm³/mol. The van der Waals surface area contributed by atoms with Crippen molar-refractivity contribution in [2.45, 2.75) is 31.2 Å². The normalized spacial score (nSPS) is 23.8. The zero-order chi connectivity index (χ0) is 15.7. The fourth-order valence-electron chi connectivity index (χ4n) is 2.78. The van der Waals surface area contributed by atoms with Gasteiger partial charge in [0.25, 0.3) is 5.92 Å². The minimum Gasteiger partial charge on any atom is -0.325 e. The summed E-state index contributed by atoms with van der Waals surface area (Å²) in [6.45, 7) is 0.229. The van der Waals surface area contributed by atoms with Crippen LogP contribution >= 0.6 is 0 Å². The molecule has 5 nitrogen and oxygen atoms in total. The van der Waals surface area contributed by atoms with Gasteiger partial charge in [0.2, 0.25) is 11.8 Å². The fourth-order valence-corrected chi connectivity index (χ4v) is 2.78. The van der Waals surface area contributed by atoms with Crippen molar-refractivity contribution in [3.63, 3.8) is 0 Å². The van der Waals surface area contributed by atoms with Crippen molar-refractivity contribution in [3.05, 3.63) is 24.3 Å². The Labute approximate surface area is 126 Å². The molecule has 1 aromatic carbocycles. The number of alkyl halides is 2. The molecule has 22 heavy (non-hydrogen) atoms. The van der Waals surface area contributed by atoms with Gasteiger partial charge in [-0.25, -0.2) is 8.78 Å². The van der Waals surface area contributed by atoms with Gasteiger partial charge in [-0.3, -0.25) is 14.9 Å². The number of carbonyl (C=O) groups excluding carboxylic acids is 2. The highest BCUT2D eigenvalue weighted by atomic mass is 19.3. The summed E-state index contributed by atoms with van der Waals surface area (Å²) in [5, 5.41) is 5.13. The fraction of sp³-hybridized carbons (Fsp3) is 0.467. The van der Waals surface area contributed by atoms with E-state index in [4.69, 9.17) is 0 Å². The number of hydrogen-bond acceptors (Lipinski definition) is 3. The second-order valence-electron chi connectivity index (χ2n) is 5.68. The zero-order valence-electron chi connectivity index (χ0n) is 11.9. The quantitative estimate of drug-likeness (QED) is 0.894. The van der Waals surface area contributed by atoms with Crippen LogP contribution in [-0.2, 0) is 9.59 Å². The standard InChI is InChI=1S/C15H17F2N3O2/c16-15(17)8-12(18-9-15)14(22)19-10-3-5-11(6-4-10)20-7-1-2-13(20)21/h3-6,12,18H,1-2,7-9H2,(H,19,22). The Bertz CT molecular complexity index is 589. The third-order valence-corrected chi connectivity index (χ3v) is 3.95. The second-order valence-corrected chi connectivity index (χ2v) is 5.68. The average molecular weight is 309 g/mol. The number of amides is 2. The summed E-state index contributed by atoms with van der Waals surface area (Å²) < 4.78 is 26.2. The van der Waals surface area contributed by atoms with E-state index in [0.717, 1.165) is 12.1 Å². The number of benzene rings is 1. The maximum atomic E-state index is 13.1. The molecule has 2 fully saturated rings. The highest BCUT2D eigenvalue weighted by molar-refractivity contribution is 5.97. The summed E-state index contributed by atoms with van der Waals surface area (Å²) >= 11 is 0. The molecule has 2 saturated heterocycles. The van der Waals surface area contributed by atoms with Gasteiger partial charge in [-0.2, -0.15) is 0 Å². The lowest BCUT2D eigenvalue weighted by Crippen LogP contribution is -2.35. The summed E-state index contributed by atoms with van der Waals surface area (Å²) in [5.74, 6) is -3.21. The van der Waals surface area contributed by atoms with Crippen LogP contribution in [0.1, 0.15) is 19.3 Å². The van der Waals surface area contributed by atoms with E-state index in [1.807, 2.05) is 0 Å². The largest absolute Gasteiger partial charge is 0.325 e. The second kappa shape index (κ2) is 5.64. The van der Waals surface area contributed by atoms with E-state index in [1.54, 1.807) is 29.2 Å². The van der Waals surface area contributed by atoms with E-state index in [1.165, 1.54) is 0 Å². The molecule has 118 valence electrons. The van der Waals surface area contributed by atoms with Crippen LogP contribution in [0.4, 0.5) is 20.2 Å². The van der Waals surface area contributed by atoms with Gasteiger partial charge in [-0.05, 0) is 30.7 Å². The molecule has 2 heterocycles. The van der Waals surface area contributed by atoms with Gasteiger partial charge < -0.3 is 10.2 Å². The van der Waals surface area contributed by atoms with Crippen molar-refractivity contribution < 1.29 is 18.4 Å². The predicted octanol–water partition coefficient (Wildman–Crippen LogP) is 1.75. The lowest BCUT2D eigenvalue weighted by Gasteiger charge is -2.16. The molecule has 0 radical (unpaired) electrons. The Kier molecular flexibility index (Phi) is 3.82. The molecule has 1 aromatic rings. The van der Waals surface area contributed by atoms with Crippen molar-refractivity contribution in [2.24, 2.45) is 0 Å². The van der Waals surface area contributed by atoms with Crippen LogP contribution in [0.25, 0.3) is 0 Å². The van der Waals surface area contributed by atoms with E-state index in [-0.39, 0.29) is 5.91 Å². The molecule has 2 aliphatic rings. The van der Waals surface area contributed by atoms with Gasteiger partial charge in [0.1, 0.15) is 0 Å². The SMILES string of the molecule is O=C(Nc1ccc(N2CCCC2=O)cc1)C1CC(F)(F)CN1. The number of anilines is 2. The van der Waals surface area contributed by atoms with Crippen LogP contribution in [0.15, 0.2) is 24.3 Å². The Morgan fingerprint density at radius 1 is 1.32 bits per heavy atom. The van der Waals surface area contributed by atoms with Gasteiger partial charge in [0.05, 0.1) is 12.6 Å².